The van der Waals surface area contributed by atoms with Crippen LogP contribution in [0.3, 0.4) is 0 Å². The summed E-state index contributed by atoms with van der Waals surface area (Å²) in [5.41, 5.74) is 5.45. The van der Waals surface area contributed by atoms with Crippen molar-refractivity contribution < 1.29 is 9.18 Å². The molecule has 0 unspecified atom stereocenters. The number of carbonyl (C=O) groups excluding carboxylic acids is 1. The van der Waals surface area contributed by atoms with Gasteiger partial charge >= 0.3 is 0 Å². The average Bonchev–Trinajstić information content (AvgIpc) is 3.52. The number of benzene rings is 2. The summed E-state index contributed by atoms with van der Waals surface area (Å²) in [6.07, 6.45) is 6.46. The first kappa shape index (κ1) is 20.2. The van der Waals surface area contributed by atoms with Gasteiger partial charge in [-0.3, -0.25) is 9.48 Å². The van der Waals surface area contributed by atoms with Crippen LogP contribution in [-0.4, -0.2) is 37.4 Å². The van der Waals surface area contributed by atoms with Gasteiger partial charge in [-0.05, 0) is 49.1 Å². The third-order valence-electron chi connectivity index (χ3n) is 5.84. The van der Waals surface area contributed by atoms with E-state index in [-0.39, 0.29) is 11.7 Å². The first-order valence-corrected chi connectivity index (χ1v) is 10.8. The van der Waals surface area contributed by atoms with Crippen molar-refractivity contribution >= 4 is 5.91 Å². The van der Waals surface area contributed by atoms with Gasteiger partial charge in [0.1, 0.15) is 5.82 Å². The molecular formula is C25H24FN5O. The average molecular weight is 429 g/mol. The Hall–Kier alpha value is -3.74. The second-order valence-electron chi connectivity index (χ2n) is 8.21. The van der Waals surface area contributed by atoms with E-state index in [1.54, 1.807) is 35.0 Å². The fraction of sp³-hybridized carbons (Fsp3) is 0.240. The minimum absolute atomic E-state index is 0.111. The molecular weight excluding hydrogens is 405 g/mol. The van der Waals surface area contributed by atoms with Gasteiger partial charge in [0.2, 0.25) is 0 Å². The summed E-state index contributed by atoms with van der Waals surface area (Å²) < 4.78 is 17.0. The maximum absolute atomic E-state index is 13.3. The normalized spacial score (nSPS) is 12.7. The number of amides is 1. The first-order chi connectivity index (χ1) is 15.6. The summed E-state index contributed by atoms with van der Waals surface area (Å²) in [5.74, 6) is -0.402. The Morgan fingerprint density at radius 1 is 1.06 bits per heavy atom. The van der Waals surface area contributed by atoms with Crippen LogP contribution in [0.4, 0.5) is 4.39 Å². The summed E-state index contributed by atoms with van der Waals surface area (Å²) >= 11 is 0. The molecule has 1 amide bonds. The number of hydrogen-bond acceptors (Lipinski definition) is 3. The van der Waals surface area contributed by atoms with Crippen LogP contribution in [0.25, 0.3) is 5.69 Å². The predicted molar refractivity (Wildman–Crippen MR) is 119 cm³/mol. The Labute approximate surface area is 185 Å². The molecule has 1 aliphatic carbocycles. The Balaban J connectivity index is 1.33. The molecule has 2 heterocycles. The van der Waals surface area contributed by atoms with Crippen molar-refractivity contribution in [2.24, 2.45) is 0 Å². The van der Waals surface area contributed by atoms with Crippen LogP contribution in [-0.2, 0) is 25.9 Å². The zero-order valence-corrected chi connectivity index (χ0v) is 17.9. The van der Waals surface area contributed by atoms with Gasteiger partial charge in [0.15, 0.2) is 5.69 Å². The fourth-order valence-corrected chi connectivity index (χ4v) is 4.28. The van der Waals surface area contributed by atoms with E-state index in [4.69, 9.17) is 0 Å². The monoisotopic (exact) mass is 429 g/mol. The van der Waals surface area contributed by atoms with Crippen molar-refractivity contribution in [1.29, 1.82) is 0 Å². The molecule has 0 bridgehead atoms. The van der Waals surface area contributed by atoms with Crippen molar-refractivity contribution in [3.63, 3.8) is 0 Å². The maximum atomic E-state index is 13.3. The topological polar surface area (TPSA) is 56.0 Å². The highest BCUT2D eigenvalue weighted by Gasteiger charge is 2.28. The van der Waals surface area contributed by atoms with Gasteiger partial charge < -0.3 is 4.90 Å². The van der Waals surface area contributed by atoms with Crippen LogP contribution in [0, 0.1) is 5.82 Å². The third kappa shape index (κ3) is 3.93. The van der Waals surface area contributed by atoms with Gasteiger partial charge in [0.05, 0.1) is 18.4 Å². The molecule has 2 aromatic carbocycles. The minimum atomic E-state index is -0.290. The summed E-state index contributed by atoms with van der Waals surface area (Å²) in [4.78, 5) is 14.9. The second kappa shape index (κ2) is 8.42. The molecule has 1 aliphatic rings. The Bertz CT molecular complexity index is 1240. The highest BCUT2D eigenvalue weighted by atomic mass is 19.1. The van der Waals surface area contributed by atoms with E-state index in [1.807, 2.05) is 29.1 Å². The SMILES string of the molecule is CN(Cc1cnn(Cc2ccccc2)c1)C(=O)c1nn(-c2ccc(F)cc2)c2c1CCC2. The third-order valence-corrected chi connectivity index (χ3v) is 5.84. The molecule has 162 valence electrons. The molecule has 0 aliphatic heterocycles. The summed E-state index contributed by atoms with van der Waals surface area (Å²) in [6, 6.07) is 16.4. The summed E-state index contributed by atoms with van der Waals surface area (Å²) in [7, 11) is 1.79. The molecule has 0 radical (unpaired) electrons. The van der Waals surface area contributed by atoms with Crippen LogP contribution in [0.1, 0.15) is 39.3 Å². The molecule has 7 heteroatoms. The zero-order chi connectivity index (χ0) is 22.1. The molecule has 6 nitrogen and oxygen atoms in total. The largest absolute Gasteiger partial charge is 0.336 e. The maximum Gasteiger partial charge on any atom is 0.274 e. The van der Waals surface area contributed by atoms with E-state index in [0.29, 0.717) is 18.8 Å². The van der Waals surface area contributed by atoms with Crippen molar-refractivity contribution in [3.05, 3.63) is 101 Å². The molecule has 0 saturated heterocycles. The highest BCUT2D eigenvalue weighted by Crippen LogP contribution is 2.28. The van der Waals surface area contributed by atoms with E-state index < -0.39 is 0 Å². The van der Waals surface area contributed by atoms with Crippen molar-refractivity contribution in [2.45, 2.75) is 32.4 Å². The molecule has 0 atom stereocenters. The molecule has 0 N–H and O–H groups in total. The van der Waals surface area contributed by atoms with Crippen LogP contribution >= 0.6 is 0 Å². The molecule has 0 spiro atoms. The van der Waals surface area contributed by atoms with Crippen LogP contribution < -0.4 is 0 Å². The van der Waals surface area contributed by atoms with Crippen LogP contribution in [0.5, 0.6) is 0 Å². The van der Waals surface area contributed by atoms with E-state index in [9.17, 15) is 9.18 Å². The number of fused-ring (bicyclic) bond motifs is 1. The minimum Gasteiger partial charge on any atom is -0.336 e. The Morgan fingerprint density at radius 2 is 1.84 bits per heavy atom. The molecule has 5 rings (SSSR count). The predicted octanol–water partition coefficient (Wildman–Crippen LogP) is 4.02. The standard InChI is InChI=1S/C25H24FN5O/c1-29(15-19-14-27-30(17-19)16-18-6-3-2-4-7-18)25(32)24-22-8-5-9-23(22)31(28-24)21-12-10-20(26)11-13-21/h2-4,6-7,10-14,17H,5,8-9,15-16H2,1H3. The van der Waals surface area contributed by atoms with Gasteiger partial charge in [0.25, 0.3) is 5.91 Å². The van der Waals surface area contributed by atoms with Gasteiger partial charge in [-0.25, -0.2) is 9.07 Å². The lowest BCUT2D eigenvalue weighted by atomic mass is 10.2. The molecule has 2 aromatic heterocycles. The first-order valence-electron chi connectivity index (χ1n) is 10.8. The van der Waals surface area contributed by atoms with E-state index >= 15 is 0 Å². The molecule has 32 heavy (non-hydrogen) atoms. The lowest BCUT2D eigenvalue weighted by Crippen LogP contribution is -2.27. The highest BCUT2D eigenvalue weighted by molar-refractivity contribution is 5.94. The second-order valence-corrected chi connectivity index (χ2v) is 8.21. The van der Waals surface area contributed by atoms with Crippen LogP contribution in [0.2, 0.25) is 0 Å². The van der Waals surface area contributed by atoms with Crippen molar-refractivity contribution in [3.8, 4) is 5.69 Å². The Morgan fingerprint density at radius 3 is 2.62 bits per heavy atom. The van der Waals surface area contributed by atoms with Crippen LogP contribution in [0.15, 0.2) is 67.0 Å². The smallest absolute Gasteiger partial charge is 0.274 e. The number of rotatable bonds is 6. The zero-order valence-electron chi connectivity index (χ0n) is 17.9. The summed E-state index contributed by atoms with van der Waals surface area (Å²) in [6.45, 7) is 1.14. The number of hydrogen-bond donors (Lipinski definition) is 0. The summed E-state index contributed by atoms with van der Waals surface area (Å²) in [5, 5.41) is 9.07. The Kier molecular flexibility index (Phi) is 5.31. The molecule has 4 aromatic rings. The van der Waals surface area contributed by atoms with Crippen molar-refractivity contribution in [2.75, 3.05) is 7.05 Å². The fourth-order valence-electron chi connectivity index (χ4n) is 4.28. The number of aromatic nitrogens is 4. The van der Waals surface area contributed by atoms with Gasteiger partial charge in [-0.2, -0.15) is 10.2 Å². The number of nitrogens with zero attached hydrogens (tertiary/aromatic N) is 5. The van der Waals surface area contributed by atoms with Gasteiger partial charge in [0, 0.05) is 36.6 Å². The molecule has 0 saturated carbocycles. The quantitative estimate of drug-likeness (QED) is 0.465. The van der Waals surface area contributed by atoms with E-state index in [0.717, 1.165) is 41.8 Å². The number of carbonyl (C=O) groups is 1. The van der Waals surface area contributed by atoms with E-state index in [2.05, 4.69) is 22.3 Å². The lowest BCUT2D eigenvalue weighted by Gasteiger charge is -2.15. The van der Waals surface area contributed by atoms with Crippen molar-refractivity contribution in [1.82, 2.24) is 24.5 Å². The lowest BCUT2D eigenvalue weighted by molar-refractivity contribution is 0.0777. The van der Waals surface area contributed by atoms with E-state index in [1.165, 1.54) is 17.7 Å². The number of halogens is 1. The van der Waals surface area contributed by atoms with Gasteiger partial charge in [-0.15, -0.1) is 0 Å². The molecule has 0 fully saturated rings. The van der Waals surface area contributed by atoms with Gasteiger partial charge in [-0.1, -0.05) is 30.3 Å².